The van der Waals surface area contributed by atoms with Gasteiger partial charge in [0.25, 0.3) is 0 Å². The van der Waals surface area contributed by atoms with Crippen molar-refractivity contribution in [2.45, 2.75) is 0 Å². The molecule has 0 radical (unpaired) electrons. The molecule has 0 saturated heterocycles. The van der Waals surface area contributed by atoms with Crippen molar-refractivity contribution in [3.63, 3.8) is 0 Å². The van der Waals surface area contributed by atoms with Gasteiger partial charge in [0, 0.05) is 0 Å². The SMILES string of the molecule is [Cl-].[Cl-].[Cl-].[Zr+2].[Zr+2].[Zr+2].c1ccc(-c2cc3ccccc3[cH-]2)cc1.c1ccc(-c2cc3ccccc3[cH-]2)cc1.c1ccc(-c2cc3ccccc3[cH-]2)cc1. The maximum atomic E-state index is 2.24. The molecule has 0 aromatic heterocycles. The normalized spacial score (nSPS) is 9.41. The van der Waals surface area contributed by atoms with Crippen LogP contribution in [0.15, 0.2) is 200 Å². The van der Waals surface area contributed by atoms with Gasteiger partial charge in [-0.1, -0.05) is 162 Å². The predicted molar refractivity (Wildman–Crippen MR) is 195 cm³/mol. The molecule has 0 saturated carbocycles. The van der Waals surface area contributed by atoms with E-state index < -0.39 is 0 Å². The summed E-state index contributed by atoms with van der Waals surface area (Å²) < 4.78 is 0. The van der Waals surface area contributed by atoms with Crippen molar-refractivity contribution in [1.82, 2.24) is 0 Å². The van der Waals surface area contributed by atoms with Crippen LogP contribution in [0.4, 0.5) is 0 Å². The Bertz CT molecular complexity index is 1910. The quantitative estimate of drug-likeness (QED) is 0.238. The smallest absolute Gasteiger partial charge is 1.00 e. The molecule has 6 heteroatoms. The van der Waals surface area contributed by atoms with Crippen LogP contribution in [0, 0.1) is 0 Å². The van der Waals surface area contributed by atoms with Crippen molar-refractivity contribution in [2.75, 3.05) is 0 Å². The van der Waals surface area contributed by atoms with Crippen molar-refractivity contribution >= 4 is 32.3 Å². The average molecular weight is 954 g/mol. The molecule has 0 aliphatic rings. The molecule has 0 aliphatic carbocycles. The van der Waals surface area contributed by atoms with Crippen LogP contribution in [0.5, 0.6) is 0 Å². The fourth-order valence-corrected chi connectivity index (χ4v) is 5.84. The van der Waals surface area contributed by atoms with E-state index in [-0.39, 0.29) is 116 Å². The van der Waals surface area contributed by atoms with Gasteiger partial charge in [0.2, 0.25) is 0 Å². The molecule has 0 aliphatic heterocycles. The molecule has 0 nitrogen and oxygen atoms in total. The minimum absolute atomic E-state index is 0. The van der Waals surface area contributed by atoms with Crippen molar-refractivity contribution in [1.29, 1.82) is 0 Å². The second kappa shape index (κ2) is 23.4. The van der Waals surface area contributed by atoms with E-state index in [1.165, 1.54) is 65.7 Å². The number of fused-ring (bicyclic) bond motifs is 3. The molecule has 0 spiro atoms. The molecule has 0 amide bonds. The fraction of sp³-hybridized carbons (Fsp3) is 0. The van der Waals surface area contributed by atoms with E-state index in [4.69, 9.17) is 0 Å². The molecule has 246 valence electrons. The maximum Gasteiger partial charge on any atom is 2.00 e. The summed E-state index contributed by atoms with van der Waals surface area (Å²) in [5.41, 5.74) is 7.77. The van der Waals surface area contributed by atoms with Crippen LogP contribution in [0.2, 0.25) is 0 Å². The topological polar surface area (TPSA) is 0 Å². The van der Waals surface area contributed by atoms with Crippen LogP contribution < -0.4 is 37.2 Å². The van der Waals surface area contributed by atoms with Gasteiger partial charge in [0.15, 0.2) is 0 Å². The zero-order valence-electron chi connectivity index (χ0n) is 27.7. The van der Waals surface area contributed by atoms with E-state index >= 15 is 0 Å². The molecule has 9 aromatic rings. The van der Waals surface area contributed by atoms with Gasteiger partial charge < -0.3 is 37.2 Å². The Labute approximate surface area is 377 Å². The third-order valence-corrected chi connectivity index (χ3v) is 8.18. The third-order valence-electron chi connectivity index (χ3n) is 8.18. The Hall–Kier alpha value is -2.33. The Kier molecular flexibility index (Phi) is 21.4. The molecule has 0 N–H and O–H groups in total. The van der Waals surface area contributed by atoms with E-state index in [1.54, 1.807) is 0 Å². The van der Waals surface area contributed by atoms with Crippen LogP contribution >= 0.6 is 0 Å². The molecule has 9 rings (SSSR count). The summed E-state index contributed by atoms with van der Waals surface area (Å²) in [4.78, 5) is 0. The first-order valence-corrected chi connectivity index (χ1v) is 15.4. The van der Waals surface area contributed by atoms with Crippen LogP contribution in [0.1, 0.15) is 0 Å². The molecule has 0 fully saturated rings. The number of halogens is 3. The van der Waals surface area contributed by atoms with Gasteiger partial charge in [-0.25, -0.2) is 0 Å². The summed E-state index contributed by atoms with van der Waals surface area (Å²) in [5, 5.41) is 7.90. The van der Waals surface area contributed by atoms with Crippen molar-refractivity contribution in [2.24, 2.45) is 0 Å². The van der Waals surface area contributed by atoms with Crippen molar-refractivity contribution in [3.05, 3.63) is 200 Å². The summed E-state index contributed by atoms with van der Waals surface area (Å²) in [6.45, 7) is 0. The van der Waals surface area contributed by atoms with Gasteiger partial charge in [-0.2, -0.15) is 0 Å². The predicted octanol–water partition coefficient (Wildman–Crippen LogP) is 3.68. The molecule has 0 atom stereocenters. The summed E-state index contributed by atoms with van der Waals surface area (Å²) >= 11 is 0. The molecule has 0 heterocycles. The van der Waals surface area contributed by atoms with Gasteiger partial charge in [0.1, 0.15) is 0 Å². The first-order valence-electron chi connectivity index (χ1n) is 15.4. The van der Waals surface area contributed by atoms with Gasteiger partial charge in [-0.3, -0.25) is 0 Å². The van der Waals surface area contributed by atoms with Crippen molar-refractivity contribution in [3.8, 4) is 33.4 Å². The summed E-state index contributed by atoms with van der Waals surface area (Å²) in [6, 6.07) is 70.3. The van der Waals surface area contributed by atoms with E-state index in [2.05, 4.69) is 182 Å². The number of rotatable bonds is 3. The number of benzene rings is 6. The first kappa shape index (κ1) is 46.7. The van der Waals surface area contributed by atoms with Crippen LogP contribution in [0.25, 0.3) is 65.7 Å². The fourth-order valence-electron chi connectivity index (χ4n) is 5.84. The zero-order valence-corrected chi connectivity index (χ0v) is 37.3. The second-order valence-corrected chi connectivity index (χ2v) is 11.2. The third kappa shape index (κ3) is 12.1. The van der Waals surface area contributed by atoms with Gasteiger partial charge >= 0.3 is 78.6 Å². The average Bonchev–Trinajstić information content (AvgIpc) is 3.87. The zero-order chi connectivity index (χ0) is 30.3. The van der Waals surface area contributed by atoms with Gasteiger partial charge in [-0.05, 0) is 0 Å². The minimum atomic E-state index is 0. The minimum Gasteiger partial charge on any atom is -1.00 e. The van der Waals surface area contributed by atoms with E-state index in [9.17, 15) is 0 Å². The molecular weight excluding hydrogens is 921 g/mol. The Morgan fingerprint density at radius 1 is 0.255 bits per heavy atom. The summed E-state index contributed by atoms with van der Waals surface area (Å²) in [6.07, 6.45) is 0. The molecule has 0 unspecified atom stereocenters. The second-order valence-electron chi connectivity index (χ2n) is 11.2. The van der Waals surface area contributed by atoms with Gasteiger partial charge in [-0.15, -0.1) is 104 Å². The maximum absolute atomic E-state index is 2.24. The molecule has 51 heavy (non-hydrogen) atoms. The van der Waals surface area contributed by atoms with E-state index in [0.717, 1.165) is 0 Å². The monoisotopic (exact) mass is 948 g/mol. The number of hydrogen-bond donors (Lipinski definition) is 0. The van der Waals surface area contributed by atoms with Crippen molar-refractivity contribution < 1.29 is 116 Å². The molecular formula is C45H33Cl3Zr3. The van der Waals surface area contributed by atoms with Crippen LogP contribution in [0.3, 0.4) is 0 Å². The van der Waals surface area contributed by atoms with E-state index in [0.29, 0.717) is 0 Å². The molecule has 9 aromatic carbocycles. The first-order chi connectivity index (χ1) is 22.3. The van der Waals surface area contributed by atoms with Crippen LogP contribution in [-0.4, -0.2) is 0 Å². The Morgan fingerprint density at radius 2 is 0.471 bits per heavy atom. The summed E-state index contributed by atoms with van der Waals surface area (Å²) in [5.74, 6) is 0. The Morgan fingerprint density at radius 3 is 0.706 bits per heavy atom. The number of hydrogen-bond acceptors (Lipinski definition) is 0. The summed E-state index contributed by atoms with van der Waals surface area (Å²) in [7, 11) is 0. The molecule has 0 bridgehead atoms. The largest absolute Gasteiger partial charge is 2.00 e. The van der Waals surface area contributed by atoms with Crippen LogP contribution in [-0.2, 0) is 78.6 Å². The van der Waals surface area contributed by atoms with E-state index in [1.807, 2.05) is 18.2 Å². The standard InChI is InChI=1S/3C15H11.3ClH.3Zr/c3*1-2-6-12(7-3-1)15-10-13-8-4-5-9-14(13)11-15;;;;;;/h3*1-11H;3*1H;;;/q3*-1;;;;3*+2/p-3. The van der Waals surface area contributed by atoms with Gasteiger partial charge in [0.05, 0.1) is 0 Å². The Balaban J connectivity index is 0.000000361.